The van der Waals surface area contributed by atoms with Gasteiger partial charge in [-0.05, 0) is 50.2 Å². The summed E-state index contributed by atoms with van der Waals surface area (Å²) in [5.41, 5.74) is 0.939. The highest BCUT2D eigenvalue weighted by Gasteiger charge is 2.14. The molecule has 1 N–H and O–H groups in total. The lowest BCUT2D eigenvalue weighted by Gasteiger charge is -2.23. The molecule has 3 rings (SSSR count). The minimum atomic E-state index is 0. The van der Waals surface area contributed by atoms with Crippen molar-refractivity contribution in [2.45, 2.75) is 25.9 Å². The molecule has 0 saturated carbocycles. The van der Waals surface area contributed by atoms with Crippen LogP contribution in [0.25, 0.3) is 11.4 Å². The second kappa shape index (κ2) is 6.72. The first kappa shape index (κ1) is 14.8. The molecule has 2 heterocycles. The number of benzene rings is 1. The van der Waals surface area contributed by atoms with Crippen LogP contribution in [0.2, 0.25) is 0 Å². The molecule has 108 valence electrons. The summed E-state index contributed by atoms with van der Waals surface area (Å²) in [6.07, 6.45) is 2.44. The zero-order valence-electron chi connectivity index (χ0n) is 11.3. The Morgan fingerprint density at radius 2 is 1.90 bits per heavy atom. The molecule has 0 spiro atoms. The van der Waals surface area contributed by atoms with Gasteiger partial charge in [-0.3, -0.25) is 0 Å². The predicted octanol–water partition coefficient (Wildman–Crippen LogP) is 2.60. The standard InChI is InChI=1S/C14H17N3O2.ClH/c1-10-16-14(17-19-10)11-2-4-12(5-3-11)18-13-6-8-15-9-7-13;/h2-5,13,15H,6-9H2,1H3;1H. The van der Waals surface area contributed by atoms with Crippen LogP contribution in [-0.4, -0.2) is 29.3 Å². The molecule has 0 unspecified atom stereocenters. The van der Waals surface area contributed by atoms with Gasteiger partial charge in [0.05, 0.1) is 0 Å². The predicted molar refractivity (Wildman–Crippen MR) is 78.2 cm³/mol. The lowest BCUT2D eigenvalue weighted by Crippen LogP contribution is -2.34. The van der Waals surface area contributed by atoms with Crippen molar-refractivity contribution in [3.63, 3.8) is 0 Å². The van der Waals surface area contributed by atoms with Crippen molar-refractivity contribution < 1.29 is 9.26 Å². The average molecular weight is 296 g/mol. The van der Waals surface area contributed by atoms with Gasteiger partial charge in [0.2, 0.25) is 11.7 Å². The number of hydrogen-bond acceptors (Lipinski definition) is 5. The molecule has 1 aromatic carbocycles. The molecule has 1 aromatic heterocycles. The maximum Gasteiger partial charge on any atom is 0.223 e. The van der Waals surface area contributed by atoms with Gasteiger partial charge in [0, 0.05) is 12.5 Å². The average Bonchev–Trinajstić information content (AvgIpc) is 2.87. The summed E-state index contributed by atoms with van der Waals surface area (Å²) in [6, 6.07) is 7.84. The van der Waals surface area contributed by atoms with Gasteiger partial charge in [-0.2, -0.15) is 4.98 Å². The van der Waals surface area contributed by atoms with E-state index in [4.69, 9.17) is 9.26 Å². The molecular weight excluding hydrogens is 278 g/mol. The number of halogens is 1. The smallest absolute Gasteiger partial charge is 0.223 e. The second-order valence-electron chi connectivity index (χ2n) is 4.73. The number of ether oxygens (including phenoxy) is 1. The van der Waals surface area contributed by atoms with Crippen LogP contribution < -0.4 is 10.1 Å². The van der Waals surface area contributed by atoms with E-state index in [2.05, 4.69) is 15.5 Å². The Bertz CT molecular complexity index is 536. The molecule has 5 nitrogen and oxygen atoms in total. The highest BCUT2D eigenvalue weighted by atomic mass is 35.5. The minimum absolute atomic E-state index is 0. The van der Waals surface area contributed by atoms with E-state index in [0.717, 1.165) is 37.2 Å². The first-order chi connectivity index (χ1) is 9.31. The topological polar surface area (TPSA) is 60.2 Å². The molecule has 0 aliphatic carbocycles. The molecule has 0 amide bonds. The highest BCUT2D eigenvalue weighted by Crippen LogP contribution is 2.22. The van der Waals surface area contributed by atoms with Gasteiger partial charge >= 0.3 is 0 Å². The van der Waals surface area contributed by atoms with E-state index in [-0.39, 0.29) is 12.4 Å². The molecule has 1 aliphatic heterocycles. The second-order valence-corrected chi connectivity index (χ2v) is 4.73. The van der Waals surface area contributed by atoms with Crippen LogP contribution in [0.4, 0.5) is 0 Å². The number of nitrogens with zero attached hydrogens (tertiary/aromatic N) is 2. The molecule has 20 heavy (non-hydrogen) atoms. The molecule has 1 fully saturated rings. The summed E-state index contributed by atoms with van der Waals surface area (Å²) in [6.45, 7) is 3.85. The van der Waals surface area contributed by atoms with Gasteiger partial charge in [-0.15, -0.1) is 12.4 Å². The fourth-order valence-corrected chi connectivity index (χ4v) is 2.20. The van der Waals surface area contributed by atoms with Crippen LogP contribution in [0.1, 0.15) is 18.7 Å². The van der Waals surface area contributed by atoms with Gasteiger partial charge in [-0.25, -0.2) is 0 Å². The van der Waals surface area contributed by atoms with E-state index in [0.29, 0.717) is 17.8 Å². The maximum absolute atomic E-state index is 5.95. The van der Waals surface area contributed by atoms with Crippen LogP contribution >= 0.6 is 12.4 Å². The Labute approximate surface area is 124 Å². The van der Waals surface area contributed by atoms with Gasteiger partial charge in [0.15, 0.2) is 0 Å². The zero-order valence-corrected chi connectivity index (χ0v) is 12.2. The quantitative estimate of drug-likeness (QED) is 0.943. The van der Waals surface area contributed by atoms with Gasteiger partial charge < -0.3 is 14.6 Å². The number of hydrogen-bond donors (Lipinski definition) is 1. The third-order valence-corrected chi connectivity index (χ3v) is 3.23. The number of aromatic nitrogens is 2. The number of nitrogens with one attached hydrogen (secondary N) is 1. The maximum atomic E-state index is 5.95. The summed E-state index contributed by atoms with van der Waals surface area (Å²) in [7, 11) is 0. The van der Waals surface area contributed by atoms with E-state index in [1.54, 1.807) is 6.92 Å². The number of piperidine rings is 1. The Hall–Kier alpha value is -1.59. The Morgan fingerprint density at radius 1 is 1.20 bits per heavy atom. The summed E-state index contributed by atoms with van der Waals surface area (Å²) in [4.78, 5) is 4.20. The fraction of sp³-hybridized carbons (Fsp3) is 0.429. The summed E-state index contributed by atoms with van der Waals surface area (Å²) in [5.74, 6) is 2.09. The molecule has 0 bridgehead atoms. The molecule has 1 saturated heterocycles. The highest BCUT2D eigenvalue weighted by molar-refractivity contribution is 5.85. The van der Waals surface area contributed by atoms with Crippen molar-refractivity contribution in [1.82, 2.24) is 15.5 Å². The van der Waals surface area contributed by atoms with E-state index in [9.17, 15) is 0 Å². The minimum Gasteiger partial charge on any atom is -0.490 e. The van der Waals surface area contributed by atoms with E-state index >= 15 is 0 Å². The van der Waals surface area contributed by atoms with Crippen LogP contribution in [0.5, 0.6) is 5.75 Å². The molecule has 0 radical (unpaired) electrons. The Balaban J connectivity index is 0.00000147. The summed E-state index contributed by atoms with van der Waals surface area (Å²) >= 11 is 0. The molecule has 2 aromatic rings. The van der Waals surface area contributed by atoms with Crippen LogP contribution in [0.15, 0.2) is 28.8 Å². The van der Waals surface area contributed by atoms with Crippen molar-refractivity contribution in [2.75, 3.05) is 13.1 Å². The van der Waals surface area contributed by atoms with Crippen LogP contribution in [0.3, 0.4) is 0 Å². The SMILES string of the molecule is Cc1nc(-c2ccc(OC3CCNCC3)cc2)no1.Cl. The van der Waals surface area contributed by atoms with Gasteiger partial charge in [-0.1, -0.05) is 5.16 Å². The molecular formula is C14H18ClN3O2. The molecule has 0 atom stereocenters. The summed E-state index contributed by atoms with van der Waals surface area (Å²) in [5, 5.41) is 7.22. The first-order valence-corrected chi connectivity index (χ1v) is 6.59. The monoisotopic (exact) mass is 295 g/mol. The number of rotatable bonds is 3. The normalized spacial score (nSPS) is 15.7. The van der Waals surface area contributed by atoms with Crippen molar-refractivity contribution >= 4 is 12.4 Å². The molecule has 1 aliphatic rings. The van der Waals surface area contributed by atoms with E-state index < -0.39 is 0 Å². The Morgan fingerprint density at radius 3 is 2.50 bits per heavy atom. The molecule has 6 heteroatoms. The lowest BCUT2D eigenvalue weighted by atomic mass is 10.1. The first-order valence-electron chi connectivity index (χ1n) is 6.59. The fourth-order valence-electron chi connectivity index (χ4n) is 2.20. The van der Waals surface area contributed by atoms with Crippen molar-refractivity contribution in [3.05, 3.63) is 30.2 Å². The number of aryl methyl sites for hydroxylation is 1. The van der Waals surface area contributed by atoms with E-state index in [1.165, 1.54) is 0 Å². The van der Waals surface area contributed by atoms with Gasteiger partial charge in [0.1, 0.15) is 11.9 Å². The van der Waals surface area contributed by atoms with Crippen LogP contribution in [-0.2, 0) is 0 Å². The van der Waals surface area contributed by atoms with E-state index in [1.807, 2.05) is 24.3 Å². The van der Waals surface area contributed by atoms with Crippen molar-refractivity contribution in [3.8, 4) is 17.1 Å². The largest absolute Gasteiger partial charge is 0.490 e. The lowest BCUT2D eigenvalue weighted by molar-refractivity contribution is 0.162. The third-order valence-electron chi connectivity index (χ3n) is 3.23. The Kier molecular flexibility index (Phi) is 4.98. The van der Waals surface area contributed by atoms with Gasteiger partial charge in [0.25, 0.3) is 0 Å². The zero-order chi connectivity index (χ0) is 13.1. The van der Waals surface area contributed by atoms with Crippen molar-refractivity contribution in [1.29, 1.82) is 0 Å². The third kappa shape index (κ3) is 3.49. The van der Waals surface area contributed by atoms with Crippen molar-refractivity contribution in [2.24, 2.45) is 0 Å². The summed E-state index contributed by atoms with van der Waals surface area (Å²) < 4.78 is 10.9. The van der Waals surface area contributed by atoms with Crippen LogP contribution in [0, 0.1) is 6.92 Å².